The van der Waals surface area contributed by atoms with Crippen molar-refractivity contribution in [1.82, 2.24) is 10.3 Å². The molecular formula is C13H12BrFN2OS. The first-order valence-electron chi connectivity index (χ1n) is 5.70. The first-order chi connectivity index (χ1) is 9.06. The topological polar surface area (TPSA) is 42.0 Å². The monoisotopic (exact) mass is 342 g/mol. The largest absolute Gasteiger partial charge is 0.352 e. The Kier molecular flexibility index (Phi) is 4.66. The Labute approximate surface area is 123 Å². The summed E-state index contributed by atoms with van der Waals surface area (Å²) in [6, 6.07) is 4.01. The van der Waals surface area contributed by atoms with Gasteiger partial charge in [-0.3, -0.25) is 4.79 Å². The average molecular weight is 343 g/mol. The SMILES string of the molecule is Cc1csc(CCNC(=O)c2ccc(F)cc2Br)n1. The number of aromatic nitrogens is 1. The molecule has 1 aromatic carbocycles. The molecule has 0 radical (unpaired) electrons. The summed E-state index contributed by atoms with van der Waals surface area (Å²) in [5.41, 5.74) is 1.42. The van der Waals surface area contributed by atoms with E-state index in [2.05, 4.69) is 26.2 Å². The fourth-order valence-corrected chi connectivity index (χ4v) is 2.88. The molecule has 0 atom stereocenters. The molecule has 3 nitrogen and oxygen atoms in total. The van der Waals surface area contributed by atoms with Crippen molar-refractivity contribution in [2.45, 2.75) is 13.3 Å². The fraction of sp³-hybridized carbons (Fsp3) is 0.231. The number of rotatable bonds is 4. The van der Waals surface area contributed by atoms with Gasteiger partial charge in [0, 0.05) is 28.5 Å². The summed E-state index contributed by atoms with van der Waals surface area (Å²) in [4.78, 5) is 16.2. The number of hydrogen-bond donors (Lipinski definition) is 1. The molecule has 100 valence electrons. The van der Waals surface area contributed by atoms with E-state index in [1.165, 1.54) is 18.2 Å². The van der Waals surface area contributed by atoms with Gasteiger partial charge in [-0.2, -0.15) is 0 Å². The van der Waals surface area contributed by atoms with E-state index in [0.29, 0.717) is 23.0 Å². The fourth-order valence-electron chi connectivity index (χ4n) is 1.57. The zero-order valence-electron chi connectivity index (χ0n) is 10.2. The zero-order valence-corrected chi connectivity index (χ0v) is 12.6. The third-order valence-corrected chi connectivity index (χ3v) is 4.15. The van der Waals surface area contributed by atoms with Crippen molar-refractivity contribution in [1.29, 1.82) is 0 Å². The Morgan fingerprint density at radius 1 is 1.53 bits per heavy atom. The number of benzene rings is 1. The van der Waals surface area contributed by atoms with Gasteiger partial charge in [0.1, 0.15) is 5.82 Å². The third-order valence-electron chi connectivity index (χ3n) is 2.47. The van der Waals surface area contributed by atoms with Gasteiger partial charge in [-0.15, -0.1) is 11.3 Å². The van der Waals surface area contributed by atoms with E-state index in [9.17, 15) is 9.18 Å². The van der Waals surface area contributed by atoms with Gasteiger partial charge in [0.15, 0.2) is 0 Å². The maximum atomic E-state index is 12.9. The lowest BCUT2D eigenvalue weighted by Crippen LogP contribution is -2.26. The van der Waals surface area contributed by atoms with Crippen LogP contribution in [0.25, 0.3) is 0 Å². The summed E-state index contributed by atoms with van der Waals surface area (Å²) in [6.07, 6.45) is 0.697. The smallest absolute Gasteiger partial charge is 0.252 e. The second kappa shape index (κ2) is 6.25. The van der Waals surface area contributed by atoms with E-state index in [-0.39, 0.29) is 11.7 Å². The highest BCUT2D eigenvalue weighted by atomic mass is 79.9. The van der Waals surface area contributed by atoms with E-state index < -0.39 is 0 Å². The van der Waals surface area contributed by atoms with Crippen LogP contribution in [-0.4, -0.2) is 17.4 Å². The molecule has 19 heavy (non-hydrogen) atoms. The molecule has 0 spiro atoms. The number of aryl methyl sites for hydroxylation is 1. The molecule has 0 aliphatic heterocycles. The summed E-state index contributed by atoms with van der Waals surface area (Å²) >= 11 is 4.76. The van der Waals surface area contributed by atoms with Crippen molar-refractivity contribution in [2.75, 3.05) is 6.54 Å². The van der Waals surface area contributed by atoms with Gasteiger partial charge in [0.2, 0.25) is 0 Å². The highest BCUT2D eigenvalue weighted by Crippen LogP contribution is 2.17. The Morgan fingerprint density at radius 3 is 2.95 bits per heavy atom. The van der Waals surface area contributed by atoms with Crippen LogP contribution in [-0.2, 0) is 6.42 Å². The standard InChI is InChI=1S/C13H12BrFN2OS/c1-8-7-19-12(17-8)4-5-16-13(18)10-3-2-9(15)6-11(10)14/h2-3,6-7H,4-5H2,1H3,(H,16,18). The van der Waals surface area contributed by atoms with Crippen molar-refractivity contribution >= 4 is 33.2 Å². The lowest BCUT2D eigenvalue weighted by Gasteiger charge is -2.06. The molecule has 0 saturated heterocycles. The minimum absolute atomic E-state index is 0.222. The van der Waals surface area contributed by atoms with Crippen LogP contribution in [0.5, 0.6) is 0 Å². The predicted octanol–water partition coefficient (Wildman–Crippen LogP) is 3.33. The summed E-state index contributed by atoms with van der Waals surface area (Å²) in [5, 5.41) is 5.77. The number of hydrogen-bond acceptors (Lipinski definition) is 3. The molecular weight excluding hydrogens is 331 g/mol. The number of carbonyl (C=O) groups excluding carboxylic acids is 1. The number of nitrogens with zero attached hydrogens (tertiary/aromatic N) is 1. The first-order valence-corrected chi connectivity index (χ1v) is 7.38. The van der Waals surface area contributed by atoms with Gasteiger partial charge < -0.3 is 5.32 Å². The van der Waals surface area contributed by atoms with Crippen LogP contribution in [0.4, 0.5) is 4.39 Å². The number of amides is 1. The summed E-state index contributed by atoms with van der Waals surface area (Å²) in [5.74, 6) is -0.596. The second-order valence-corrected chi connectivity index (χ2v) is 5.81. The molecule has 1 amide bonds. The quantitative estimate of drug-likeness (QED) is 0.925. The van der Waals surface area contributed by atoms with Crippen LogP contribution >= 0.6 is 27.3 Å². The lowest BCUT2D eigenvalue weighted by atomic mass is 10.2. The molecule has 0 bridgehead atoms. The van der Waals surface area contributed by atoms with E-state index in [1.807, 2.05) is 12.3 Å². The molecule has 6 heteroatoms. The van der Waals surface area contributed by atoms with Crippen LogP contribution in [0.2, 0.25) is 0 Å². The summed E-state index contributed by atoms with van der Waals surface area (Å²) in [7, 11) is 0. The highest BCUT2D eigenvalue weighted by Gasteiger charge is 2.10. The maximum absolute atomic E-state index is 12.9. The van der Waals surface area contributed by atoms with Crippen molar-refractivity contribution in [3.63, 3.8) is 0 Å². The Morgan fingerprint density at radius 2 is 2.32 bits per heavy atom. The predicted molar refractivity (Wildman–Crippen MR) is 77.0 cm³/mol. The third kappa shape index (κ3) is 3.84. The van der Waals surface area contributed by atoms with E-state index in [1.54, 1.807) is 11.3 Å². The summed E-state index contributed by atoms with van der Waals surface area (Å²) in [6.45, 7) is 2.45. The number of carbonyl (C=O) groups is 1. The average Bonchev–Trinajstić information content (AvgIpc) is 2.75. The van der Waals surface area contributed by atoms with E-state index in [4.69, 9.17) is 0 Å². The van der Waals surface area contributed by atoms with Crippen molar-refractivity contribution in [3.05, 3.63) is 50.1 Å². The highest BCUT2D eigenvalue weighted by molar-refractivity contribution is 9.10. The zero-order chi connectivity index (χ0) is 13.8. The van der Waals surface area contributed by atoms with Crippen LogP contribution < -0.4 is 5.32 Å². The van der Waals surface area contributed by atoms with Crippen molar-refractivity contribution in [3.8, 4) is 0 Å². The molecule has 2 aromatic rings. The molecule has 1 N–H and O–H groups in total. The first kappa shape index (κ1) is 14.1. The lowest BCUT2D eigenvalue weighted by molar-refractivity contribution is 0.0953. The molecule has 1 aromatic heterocycles. The van der Waals surface area contributed by atoms with Crippen LogP contribution in [0.15, 0.2) is 28.1 Å². The minimum atomic E-state index is -0.373. The molecule has 0 aliphatic carbocycles. The Hall–Kier alpha value is -1.27. The van der Waals surface area contributed by atoms with Gasteiger partial charge in [-0.05, 0) is 41.1 Å². The van der Waals surface area contributed by atoms with Gasteiger partial charge in [0.25, 0.3) is 5.91 Å². The van der Waals surface area contributed by atoms with Crippen LogP contribution in [0, 0.1) is 12.7 Å². The second-order valence-electron chi connectivity index (χ2n) is 4.01. The van der Waals surface area contributed by atoms with Gasteiger partial charge in [-0.1, -0.05) is 0 Å². The van der Waals surface area contributed by atoms with Crippen LogP contribution in [0.3, 0.4) is 0 Å². The molecule has 0 aliphatic rings. The summed E-state index contributed by atoms with van der Waals surface area (Å²) < 4.78 is 13.4. The van der Waals surface area contributed by atoms with Crippen molar-refractivity contribution < 1.29 is 9.18 Å². The molecule has 1 heterocycles. The Bertz CT molecular complexity index is 600. The number of thiazole rings is 1. The molecule has 0 fully saturated rings. The number of halogens is 2. The van der Waals surface area contributed by atoms with Crippen molar-refractivity contribution in [2.24, 2.45) is 0 Å². The van der Waals surface area contributed by atoms with E-state index in [0.717, 1.165) is 10.7 Å². The maximum Gasteiger partial charge on any atom is 0.252 e. The van der Waals surface area contributed by atoms with Gasteiger partial charge in [0.05, 0.1) is 10.6 Å². The molecule has 0 saturated carbocycles. The molecule has 0 unspecified atom stereocenters. The molecule has 2 rings (SSSR count). The normalized spacial score (nSPS) is 10.5. The van der Waals surface area contributed by atoms with Crippen LogP contribution in [0.1, 0.15) is 21.1 Å². The van der Waals surface area contributed by atoms with E-state index >= 15 is 0 Å². The minimum Gasteiger partial charge on any atom is -0.352 e. The Balaban J connectivity index is 1.90. The van der Waals surface area contributed by atoms with Gasteiger partial charge in [-0.25, -0.2) is 9.37 Å². The number of nitrogens with one attached hydrogen (secondary N) is 1. The van der Waals surface area contributed by atoms with Gasteiger partial charge >= 0.3 is 0 Å².